The molecule has 1 fully saturated rings. The highest BCUT2D eigenvalue weighted by Gasteiger charge is 2.37. The highest BCUT2D eigenvalue weighted by atomic mass is 19.1. The molecule has 0 aromatic heterocycles. The molecule has 1 aromatic rings. The van der Waals surface area contributed by atoms with Crippen molar-refractivity contribution in [2.75, 3.05) is 18.0 Å². The molecule has 4 heteroatoms. The minimum Gasteiger partial charge on any atom is -0.357 e. The number of fused-ring (bicyclic) bond motifs is 3. The first-order valence-corrected chi connectivity index (χ1v) is 5.09. The molecule has 2 aliphatic heterocycles. The fourth-order valence-electron chi connectivity index (χ4n) is 2.42. The molecule has 2 heterocycles. The van der Waals surface area contributed by atoms with Crippen LogP contribution in [0.2, 0.25) is 0 Å². The normalized spacial score (nSPS) is 23.4. The number of hydrogen-bond donors (Lipinski definition) is 1. The number of nitrogens with zero attached hydrogens (tertiary/aromatic N) is 1. The van der Waals surface area contributed by atoms with Crippen LogP contribution >= 0.6 is 0 Å². The number of hydrogen-bond acceptors (Lipinski definition) is 2. The Hall–Kier alpha value is -1.58. The number of rotatable bonds is 0. The summed E-state index contributed by atoms with van der Waals surface area (Å²) in [4.78, 5) is 13.6. The Bertz CT molecular complexity index is 433. The highest BCUT2D eigenvalue weighted by Crippen LogP contribution is 2.34. The third kappa shape index (κ3) is 1.14. The molecule has 78 valence electrons. The van der Waals surface area contributed by atoms with Gasteiger partial charge in [-0.05, 0) is 12.1 Å². The molecule has 1 unspecified atom stereocenters. The van der Waals surface area contributed by atoms with Crippen molar-refractivity contribution < 1.29 is 9.18 Å². The summed E-state index contributed by atoms with van der Waals surface area (Å²) in [6.45, 7) is 1.41. The Balaban J connectivity index is 2.08. The number of anilines is 1. The number of benzene rings is 1. The van der Waals surface area contributed by atoms with E-state index in [1.165, 1.54) is 6.07 Å². The van der Waals surface area contributed by atoms with Gasteiger partial charge in [-0.15, -0.1) is 0 Å². The van der Waals surface area contributed by atoms with Gasteiger partial charge >= 0.3 is 0 Å². The van der Waals surface area contributed by atoms with E-state index in [9.17, 15) is 9.18 Å². The summed E-state index contributed by atoms with van der Waals surface area (Å²) in [5.74, 6) is -0.188. The van der Waals surface area contributed by atoms with Crippen molar-refractivity contribution in [2.24, 2.45) is 0 Å². The number of carbonyl (C=O) groups excluding carboxylic acids is 1. The van der Waals surface area contributed by atoms with Crippen LogP contribution in [-0.4, -0.2) is 25.0 Å². The number of amides is 1. The van der Waals surface area contributed by atoms with Crippen LogP contribution in [-0.2, 0) is 11.2 Å². The molecule has 0 bridgehead atoms. The van der Waals surface area contributed by atoms with Crippen molar-refractivity contribution in [1.29, 1.82) is 0 Å². The molecule has 3 nitrogen and oxygen atoms in total. The Morgan fingerprint density at radius 3 is 3.20 bits per heavy atom. The molecule has 0 radical (unpaired) electrons. The van der Waals surface area contributed by atoms with Crippen LogP contribution in [0.1, 0.15) is 5.56 Å². The van der Waals surface area contributed by atoms with Gasteiger partial charge in [-0.1, -0.05) is 6.07 Å². The van der Waals surface area contributed by atoms with Crippen LogP contribution in [0.5, 0.6) is 0 Å². The quantitative estimate of drug-likeness (QED) is 0.677. The summed E-state index contributed by atoms with van der Waals surface area (Å²) in [6, 6.07) is 4.83. The highest BCUT2D eigenvalue weighted by molar-refractivity contribution is 5.89. The molecular weight excluding hydrogens is 195 g/mol. The van der Waals surface area contributed by atoms with Crippen LogP contribution in [0.4, 0.5) is 10.1 Å². The second-order valence-electron chi connectivity index (χ2n) is 3.94. The minimum absolute atomic E-state index is 0.0110. The van der Waals surface area contributed by atoms with E-state index >= 15 is 0 Å². The molecule has 0 aliphatic carbocycles. The van der Waals surface area contributed by atoms with Gasteiger partial charge in [-0.2, -0.15) is 0 Å². The Labute approximate surface area is 86.9 Å². The maximum atomic E-state index is 13.5. The first-order valence-electron chi connectivity index (χ1n) is 5.09. The number of piperazine rings is 1. The molecule has 1 amide bonds. The maximum absolute atomic E-state index is 13.5. The first kappa shape index (κ1) is 8.71. The van der Waals surface area contributed by atoms with Gasteiger partial charge in [0, 0.05) is 30.8 Å². The van der Waals surface area contributed by atoms with Crippen LogP contribution < -0.4 is 10.2 Å². The number of halogens is 1. The van der Waals surface area contributed by atoms with E-state index in [0.717, 1.165) is 12.2 Å². The summed E-state index contributed by atoms with van der Waals surface area (Å²) in [6.07, 6.45) is 0.494. The molecule has 0 saturated carbocycles. The predicted molar refractivity (Wildman–Crippen MR) is 54.2 cm³/mol. The van der Waals surface area contributed by atoms with E-state index in [1.807, 2.05) is 11.0 Å². The molecule has 2 aliphatic rings. The fraction of sp³-hybridized carbons (Fsp3) is 0.364. The molecule has 3 rings (SSSR count). The van der Waals surface area contributed by atoms with E-state index in [1.54, 1.807) is 6.07 Å². The second-order valence-corrected chi connectivity index (χ2v) is 3.94. The van der Waals surface area contributed by atoms with Crippen LogP contribution in [0.25, 0.3) is 0 Å². The van der Waals surface area contributed by atoms with Crippen molar-refractivity contribution in [2.45, 2.75) is 12.5 Å². The van der Waals surface area contributed by atoms with Crippen LogP contribution in [0, 0.1) is 5.82 Å². The Kier molecular flexibility index (Phi) is 1.71. The third-order valence-electron chi connectivity index (χ3n) is 3.13. The average Bonchev–Trinajstić information content (AvgIpc) is 2.60. The zero-order valence-corrected chi connectivity index (χ0v) is 8.16. The van der Waals surface area contributed by atoms with E-state index in [2.05, 4.69) is 5.32 Å². The van der Waals surface area contributed by atoms with Crippen molar-refractivity contribution in [1.82, 2.24) is 5.32 Å². The lowest BCUT2D eigenvalue weighted by atomic mass is 10.1. The lowest BCUT2D eigenvalue weighted by Gasteiger charge is -2.31. The molecular formula is C11H11FN2O. The van der Waals surface area contributed by atoms with Gasteiger partial charge in [-0.3, -0.25) is 4.79 Å². The van der Waals surface area contributed by atoms with Crippen molar-refractivity contribution in [3.8, 4) is 0 Å². The van der Waals surface area contributed by atoms with E-state index in [0.29, 0.717) is 18.5 Å². The Morgan fingerprint density at radius 1 is 1.47 bits per heavy atom. The standard InChI is InChI=1S/C11H11FN2O/c12-8-2-1-3-9-7(8)6-10-11(15)13-4-5-14(9)10/h1-3,10H,4-6H2,(H,13,15). The predicted octanol–water partition coefficient (Wildman–Crippen LogP) is 0.687. The number of nitrogens with one attached hydrogen (secondary N) is 1. The van der Waals surface area contributed by atoms with Gasteiger partial charge < -0.3 is 10.2 Å². The molecule has 15 heavy (non-hydrogen) atoms. The first-order chi connectivity index (χ1) is 7.27. The van der Waals surface area contributed by atoms with Gasteiger partial charge in [0.15, 0.2) is 0 Å². The second kappa shape index (κ2) is 2.95. The van der Waals surface area contributed by atoms with Crippen LogP contribution in [0.15, 0.2) is 18.2 Å². The molecule has 1 atom stereocenters. The summed E-state index contributed by atoms with van der Waals surface area (Å²) in [5.41, 5.74) is 1.56. The molecule has 1 N–H and O–H groups in total. The third-order valence-corrected chi connectivity index (χ3v) is 3.13. The lowest BCUT2D eigenvalue weighted by molar-refractivity contribution is -0.123. The Morgan fingerprint density at radius 2 is 2.33 bits per heavy atom. The van der Waals surface area contributed by atoms with E-state index < -0.39 is 0 Å². The summed E-state index contributed by atoms with van der Waals surface area (Å²) in [7, 11) is 0. The smallest absolute Gasteiger partial charge is 0.243 e. The van der Waals surface area contributed by atoms with Crippen molar-refractivity contribution >= 4 is 11.6 Å². The summed E-state index contributed by atoms with van der Waals surface area (Å²) >= 11 is 0. The SMILES string of the molecule is O=C1NCCN2c3cccc(F)c3CC12. The average molecular weight is 206 g/mol. The van der Waals surface area contributed by atoms with Crippen molar-refractivity contribution in [3.63, 3.8) is 0 Å². The van der Waals surface area contributed by atoms with Gasteiger partial charge in [0.2, 0.25) is 5.91 Å². The fourth-order valence-corrected chi connectivity index (χ4v) is 2.42. The maximum Gasteiger partial charge on any atom is 0.243 e. The van der Waals surface area contributed by atoms with Crippen molar-refractivity contribution in [3.05, 3.63) is 29.6 Å². The van der Waals surface area contributed by atoms with Gasteiger partial charge in [0.25, 0.3) is 0 Å². The molecule has 1 saturated heterocycles. The van der Waals surface area contributed by atoms with Gasteiger partial charge in [-0.25, -0.2) is 4.39 Å². The van der Waals surface area contributed by atoms with Gasteiger partial charge in [0.1, 0.15) is 11.9 Å². The molecule has 1 aromatic carbocycles. The summed E-state index contributed by atoms with van der Waals surface area (Å²) < 4.78 is 13.5. The van der Waals surface area contributed by atoms with Crippen LogP contribution in [0.3, 0.4) is 0 Å². The minimum atomic E-state index is -0.203. The topological polar surface area (TPSA) is 32.3 Å². The van der Waals surface area contributed by atoms with E-state index in [4.69, 9.17) is 0 Å². The zero-order valence-electron chi connectivity index (χ0n) is 8.16. The lowest BCUT2D eigenvalue weighted by Crippen LogP contribution is -2.53. The monoisotopic (exact) mass is 206 g/mol. The number of carbonyl (C=O) groups is 1. The summed E-state index contributed by atoms with van der Waals surface area (Å²) in [5, 5.41) is 2.80. The zero-order chi connectivity index (χ0) is 10.4. The van der Waals surface area contributed by atoms with E-state index in [-0.39, 0.29) is 17.8 Å². The molecule has 0 spiro atoms. The largest absolute Gasteiger partial charge is 0.357 e. The van der Waals surface area contributed by atoms with Gasteiger partial charge in [0.05, 0.1) is 0 Å².